The van der Waals surface area contributed by atoms with Crippen LogP contribution in [0.2, 0.25) is 0 Å². The van der Waals surface area contributed by atoms with Gasteiger partial charge in [-0.25, -0.2) is 0 Å². The number of H-pyrrole nitrogens is 1. The second kappa shape index (κ2) is 5.25. The second-order valence-corrected chi connectivity index (χ2v) is 5.27. The molecule has 1 atom stereocenters. The average molecular weight is 287 g/mol. The summed E-state index contributed by atoms with van der Waals surface area (Å²) in [7, 11) is 0. The molecule has 2 N–H and O–H groups in total. The Morgan fingerprint density at radius 1 is 1.57 bits per heavy atom. The van der Waals surface area contributed by atoms with Gasteiger partial charge >= 0.3 is 0 Å². The van der Waals surface area contributed by atoms with Crippen molar-refractivity contribution < 1.29 is 9.90 Å². The van der Waals surface area contributed by atoms with Crippen LogP contribution in [0.15, 0.2) is 24.5 Å². The molecule has 0 aliphatic carbocycles. The van der Waals surface area contributed by atoms with E-state index < -0.39 is 5.60 Å². The van der Waals surface area contributed by atoms with E-state index in [9.17, 15) is 9.90 Å². The number of aliphatic hydroxyl groups is 1. The molecule has 2 aromatic heterocycles. The van der Waals surface area contributed by atoms with Crippen molar-refractivity contribution in [1.82, 2.24) is 25.3 Å². The fourth-order valence-corrected chi connectivity index (χ4v) is 2.58. The van der Waals surface area contributed by atoms with Gasteiger partial charge in [0.25, 0.3) is 5.91 Å². The molecular weight excluding hydrogens is 270 g/mol. The summed E-state index contributed by atoms with van der Waals surface area (Å²) in [4.78, 5) is 18.2. The highest BCUT2D eigenvalue weighted by molar-refractivity contribution is 5.92. The number of nitrogens with zero attached hydrogens (tertiary/aromatic N) is 4. The molecule has 1 aliphatic heterocycles. The second-order valence-electron chi connectivity index (χ2n) is 5.27. The fourth-order valence-electron chi connectivity index (χ4n) is 2.58. The van der Waals surface area contributed by atoms with Crippen molar-refractivity contribution in [3.05, 3.63) is 41.5 Å². The predicted octanol–water partition coefficient (Wildman–Crippen LogP) is 0.496. The van der Waals surface area contributed by atoms with Crippen molar-refractivity contribution in [2.45, 2.75) is 25.4 Å². The van der Waals surface area contributed by atoms with Gasteiger partial charge in [0.15, 0.2) is 0 Å². The van der Waals surface area contributed by atoms with Gasteiger partial charge in [0.1, 0.15) is 17.0 Å². The number of rotatable bonds is 3. The normalized spacial score (nSPS) is 21.7. The van der Waals surface area contributed by atoms with Crippen LogP contribution in [0.5, 0.6) is 0 Å². The van der Waals surface area contributed by atoms with Crippen molar-refractivity contribution in [3.63, 3.8) is 0 Å². The Hall–Kier alpha value is -2.28. The smallest absolute Gasteiger partial charge is 0.272 e. The van der Waals surface area contributed by atoms with Crippen LogP contribution < -0.4 is 0 Å². The Kier molecular flexibility index (Phi) is 3.42. The van der Waals surface area contributed by atoms with Crippen LogP contribution in [0.25, 0.3) is 0 Å². The van der Waals surface area contributed by atoms with E-state index in [2.05, 4.69) is 20.4 Å². The average Bonchev–Trinajstić information content (AvgIpc) is 3.17. The Morgan fingerprint density at radius 2 is 2.43 bits per heavy atom. The van der Waals surface area contributed by atoms with E-state index in [1.165, 1.54) is 6.20 Å². The monoisotopic (exact) mass is 287 g/mol. The first kappa shape index (κ1) is 13.7. The van der Waals surface area contributed by atoms with E-state index in [0.717, 1.165) is 12.0 Å². The van der Waals surface area contributed by atoms with Crippen LogP contribution in [-0.4, -0.2) is 49.4 Å². The van der Waals surface area contributed by atoms with Crippen LogP contribution in [0.4, 0.5) is 0 Å². The Bertz CT molecular complexity index is 643. The SMILES string of the molecule is CCc1ccnc(C(=O)N2CCC(O)(c3cn[nH]n3)C2)c1. The van der Waals surface area contributed by atoms with Crippen LogP contribution in [0, 0.1) is 0 Å². The molecule has 3 rings (SSSR count). The molecule has 0 saturated carbocycles. The summed E-state index contributed by atoms with van der Waals surface area (Å²) in [5.74, 6) is -0.162. The van der Waals surface area contributed by atoms with Gasteiger partial charge in [-0.05, 0) is 24.1 Å². The lowest BCUT2D eigenvalue weighted by atomic mass is 10.00. The maximum Gasteiger partial charge on any atom is 0.272 e. The Morgan fingerprint density at radius 3 is 3.14 bits per heavy atom. The van der Waals surface area contributed by atoms with Crippen molar-refractivity contribution in [3.8, 4) is 0 Å². The lowest BCUT2D eigenvalue weighted by molar-refractivity contribution is 0.0380. The van der Waals surface area contributed by atoms with E-state index in [1.807, 2.05) is 13.0 Å². The molecule has 1 unspecified atom stereocenters. The number of aryl methyl sites for hydroxylation is 1. The predicted molar refractivity (Wildman–Crippen MR) is 74.4 cm³/mol. The zero-order valence-electron chi connectivity index (χ0n) is 11.8. The molecule has 7 heteroatoms. The molecule has 1 saturated heterocycles. The molecule has 3 heterocycles. The minimum Gasteiger partial charge on any atom is -0.381 e. The highest BCUT2D eigenvalue weighted by atomic mass is 16.3. The number of pyridine rings is 1. The van der Waals surface area contributed by atoms with E-state index >= 15 is 0 Å². The molecule has 1 amide bonds. The molecule has 0 spiro atoms. The zero-order valence-corrected chi connectivity index (χ0v) is 11.8. The molecule has 0 bridgehead atoms. The zero-order chi connectivity index (χ0) is 14.9. The molecule has 1 aliphatic rings. The molecule has 21 heavy (non-hydrogen) atoms. The highest BCUT2D eigenvalue weighted by Gasteiger charge is 2.41. The topological polar surface area (TPSA) is 95.0 Å². The standard InChI is InChI=1S/C14H17N5O2/c1-2-10-3-5-15-11(7-10)13(20)19-6-4-14(21,9-19)12-8-16-18-17-12/h3,5,7-8,21H,2,4,6,9H2,1H3,(H,16,17,18). The summed E-state index contributed by atoms with van der Waals surface area (Å²) in [6.45, 7) is 2.71. The third-order valence-electron chi connectivity index (χ3n) is 3.88. The van der Waals surface area contributed by atoms with Crippen molar-refractivity contribution in [2.24, 2.45) is 0 Å². The molecule has 2 aromatic rings. The number of likely N-dealkylation sites (tertiary alicyclic amines) is 1. The Labute approximate surface area is 122 Å². The van der Waals surface area contributed by atoms with Crippen LogP contribution >= 0.6 is 0 Å². The third-order valence-corrected chi connectivity index (χ3v) is 3.88. The number of aromatic amines is 1. The highest BCUT2D eigenvalue weighted by Crippen LogP contribution is 2.30. The lowest BCUT2D eigenvalue weighted by Gasteiger charge is -2.20. The largest absolute Gasteiger partial charge is 0.381 e. The summed E-state index contributed by atoms with van der Waals surface area (Å²) < 4.78 is 0. The van der Waals surface area contributed by atoms with Gasteiger partial charge in [0.2, 0.25) is 0 Å². The van der Waals surface area contributed by atoms with Crippen molar-refractivity contribution >= 4 is 5.91 Å². The molecule has 1 fully saturated rings. The number of amides is 1. The van der Waals surface area contributed by atoms with E-state index in [0.29, 0.717) is 24.4 Å². The minimum absolute atomic E-state index is 0.162. The summed E-state index contributed by atoms with van der Waals surface area (Å²) in [5, 5.41) is 20.7. The van der Waals surface area contributed by atoms with Crippen molar-refractivity contribution in [2.75, 3.05) is 13.1 Å². The molecule has 7 nitrogen and oxygen atoms in total. The van der Waals surface area contributed by atoms with Gasteiger partial charge in [-0.2, -0.15) is 15.4 Å². The summed E-state index contributed by atoms with van der Waals surface area (Å²) in [6.07, 6.45) is 4.43. The van der Waals surface area contributed by atoms with Gasteiger partial charge in [-0.15, -0.1) is 0 Å². The fraction of sp³-hybridized carbons (Fsp3) is 0.429. The van der Waals surface area contributed by atoms with Crippen LogP contribution in [0.1, 0.15) is 35.1 Å². The number of hydrogen-bond donors (Lipinski definition) is 2. The first-order valence-corrected chi connectivity index (χ1v) is 6.95. The number of aromatic nitrogens is 4. The van der Waals surface area contributed by atoms with E-state index in [1.54, 1.807) is 17.2 Å². The maximum absolute atomic E-state index is 12.5. The van der Waals surface area contributed by atoms with Gasteiger partial charge in [-0.1, -0.05) is 6.92 Å². The molecule has 0 radical (unpaired) electrons. The molecule has 110 valence electrons. The first-order chi connectivity index (χ1) is 10.1. The summed E-state index contributed by atoms with van der Waals surface area (Å²) in [6, 6.07) is 3.70. The number of β-amino-alcohol motifs (C(OH)–C–C–N with tert-alkyl or cyclic N) is 1. The third kappa shape index (κ3) is 2.52. The van der Waals surface area contributed by atoms with Crippen molar-refractivity contribution in [1.29, 1.82) is 0 Å². The number of hydrogen-bond acceptors (Lipinski definition) is 5. The van der Waals surface area contributed by atoms with Crippen LogP contribution in [-0.2, 0) is 12.0 Å². The minimum atomic E-state index is -1.13. The van der Waals surface area contributed by atoms with Gasteiger partial charge < -0.3 is 10.0 Å². The molecule has 0 aromatic carbocycles. The number of carbonyl (C=O) groups is 1. The maximum atomic E-state index is 12.5. The quantitative estimate of drug-likeness (QED) is 0.857. The van der Waals surface area contributed by atoms with E-state index in [4.69, 9.17) is 0 Å². The first-order valence-electron chi connectivity index (χ1n) is 6.95. The lowest BCUT2D eigenvalue weighted by Crippen LogP contribution is -2.35. The van der Waals surface area contributed by atoms with E-state index in [-0.39, 0.29) is 12.5 Å². The van der Waals surface area contributed by atoms with Gasteiger partial charge in [-0.3, -0.25) is 9.78 Å². The molecular formula is C14H17N5O2. The summed E-state index contributed by atoms with van der Waals surface area (Å²) >= 11 is 0. The van der Waals surface area contributed by atoms with Gasteiger partial charge in [0, 0.05) is 19.2 Å². The van der Waals surface area contributed by atoms with Gasteiger partial charge in [0.05, 0.1) is 12.7 Å². The number of nitrogens with one attached hydrogen (secondary N) is 1. The van der Waals surface area contributed by atoms with Crippen LogP contribution in [0.3, 0.4) is 0 Å². The summed E-state index contributed by atoms with van der Waals surface area (Å²) in [5.41, 5.74) is 0.816. The Balaban J connectivity index is 1.78. The number of carbonyl (C=O) groups excluding carboxylic acids is 1.